The van der Waals surface area contributed by atoms with Crippen molar-refractivity contribution in [1.82, 2.24) is 4.90 Å². The minimum Gasteiger partial charge on any atom is -0.477 e. The molecule has 1 saturated heterocycles. The Morgan fingerprint density at radius 3 is 2.10 bits per heavy atom. The molecule has 6 heteroatoms. The van der Waals surface area contributed by atoms with Crippen LogP contribution in [0, 0.1) is 0 Å². The molecule has 1 aliphatic heterocycles. The second-order valence-electron chi connectivity index (χ2n) is 6.25. The zero-order valence-electron chi connectivity index (χ0n) is 12.1. The lowest BCUT2D eigenvalue weighted by Crippen LogP contribution is -2.58. The highest BCUT2D eigenvalue weighted by molar-refractivity contribution is 7.15. The molecule has 110 valence electrons. The summed E-state index contributed by atoms with van der Waals surface area (Å²) in [6.07, 6.45) is 0. The number of aromatic carboxylic acids is 1. The van der Waals surface area contributed by atoms with Crippen molar-refractivity contribution in [3.05, 3.63) is 21.9 Å². The number of carbonyl (C=O) groups is 2. The van der Waals surface area contributed by atoms with E-state index in [9.17, 15) is 9.59 Å². The fourth-order valence-corrected chi connectivity index (χ4v) is 3.47. The van der Waals surface area contributed by atoms with Crippen molar-refractivity contribution < 1.29 is 19.4 Å². The van der Waals surface area contributed by atoms with E-state index in [0.717, 1.165) is 11.3 Å². The summed E-state index contributed by atoms with van der Waals surface area (Å²) in [4.78, 5) is 25.8. The Morgan fingerprint density at radius 1 is 1.15 bits per heavy atom. The van der Waals surface area contributed by atoms with Crippen molar-refractivity contribution in [3.63, 3.8) is 0 Å². The molecular weight excluding hydrogens is 278 g/mol. The van der Waals surface area contributed by atoms with Gasteiger partial charge in [-0.25, -0.2) is 4.79 Å². The largest absolute Gasteiger partial charge is 0.477 e. The standard InChI is InChI=1S/C14H19NO4S/c1-13(2)7-15(8-14(3,4)19-13)11(16)9-5-6-10(20-9)12(17)18/h5-6H,7-8H2,1-4H3,(H,17,18). The third-order valence-electron chi connectivity index (χ3n) is 3.01. The smallest absolute Gasteiger partial charge is 0.345 e. The van der Waals surface area contributed by atoms with E-state index in [2.05, 4.69) is 0 Å². The van der Waals surface area contributed by atoms with Gasteiger partial charge in [-0.05, 0) is 39.8 Å². The molecule has 1 amide bonds. The number of carbonyl (C=O) groups excluding carboxylic acids is 1. The highest BCUT2D eigenvalue weighted by atomic mass is 32.1. The van der Waals surface area contributed by atoms with Crippen molar-refractivity contribution in [2.75, 3.05) is 13.1 Å². The van der Waals surface area contributed by atoms with Crippen LogP contribution < -0.4 is 0 Å². The Labute approximate surface area is 122 Å². The van der Waals surface area contributed by atoms with Crippen LogP contribution in [0.2, 0.25) is 0 Å². The van der Waals surface area contributed by atoms with Crippen molar-refractivity contribution in [2.24, 2.45) is 0 Å². The van der Waals surface area contributed by atoms with Crippen molar-refractivity contribution in [1.29, 1.82) is 0 Å². The zero-order chi connectivity index (χ0) is 15.1. The maximum Gasteiger partial charge on any atom is 0.345 e. The zero-order valence-corrected chi connectivity index (χ0v) is 12.9. The van der Waals surface area contributed by atoms with Gasteiger partial charge in [0.1, 0.15) is 4.88 Å². The quantitative estimate of drug-likeness (QED) is 0.910. The lowest BCUT2D eigenvalue weighted by molar-refractivity contribution is -0.171. The van der Waals surface area contributed by atoms with E-state index in [1.165, 1.54) is 6.07 Å². The minimum atomic E-state index is -1.00. The number of morpholine rings is 1. The lowest BCUT2D eigenvalue weighted by Gasteiger charge is -2.47. The number of thiophene rings is 1. The number of hydrogen-bond donors (Lipinski definition) is 1. The summed E-state index contributed by atoms with van der Waals surface area (Å²) in [5.74, 6) is -1.14. The Bertz CT molecular complexity index is 531. The lowest BCUT2D eigenvalue weighted by atomic mass is 9.99. The average molecular weight is 297 g/mol. The number of ether oxygens (including phenoxy) is 1. The topological polar surface area (TPSA) is 66.8 Å². The average Bonchev–Trinajstić information content (AvgIpc) is 2.72. The van der Waals surface area contributed by atoms with Crippen LogP contribution in [0.1, 0.15) is 47.0 Å². The summed E-state index contributed by atoms with van der Waals surface area (Å²) < 4.78 is 5.94. The molecule has 20 heavy (non-hydrogen) atoms. The highest BCUT2D eigenvalue weighted by Gasteiger charge is 2.40. The predicted molar refractivity (Wildman–Crippen MR) is 76.4 cm³/mol. The molecule has 0 unspecified atom stereocenters. The van der Waals surface area contributed by atoms with Crippen LogP contribution >= 0.6 is 11.3 Å². The summed E-state index contributed by atoms with van der Waals surface area (Å²) >= 11 is 1.01. The normalized spacial score (nSPS) is 20.7. The van der Waals surface area contributed by atoms with E-state index in [4.69, 9.17) is 9.84 Å². The number of rotatable bonds is 2. The maximum absolute atomic E-state index is 12.5. The third-order valence-corrected chi connectivity index (χ3v) is 4.07. The Balaban J connectivity index is 2.21. The predicted octanol–water partition coefficient (Wildman–Crippen LogP) is 2.48. The fourth-order valence-electron chi connectivity index (χ4n) is 2.65. The molecule has 1 aromatic heterocycles. The van der Waals surface area contributed by atoms with Gasteiger partial charge in [0.2, 0.25) is 0 Å². The summed E-state index contributed by atoms with van der Waals surface area (Å²) in [5, 5.41) is 8.92. The molecule has 0 atom stereocenters. The van der Waals surface area contributed by atoms with Gasteiger partial charge in [0.05, 0.1) is 16.1 Å². The molecule has 1 aliphatic rings. The Kier molecular flexibility index (Phi) is 3.64. The van der Waals surface area contributed by atoms with E-state index in [-0.39, 0.29) is 10.8 Å². The number of hydrogen-bond acceptors (Lipinski definition) is 4. The van der Waals surface area contributed by atoms with Crippen LogP contribution in [0.4, 0.5) is 0 Å². The summed E-state index contributed by atoms with van der Waals surface area (Å²) in [7, 11) is 0. The van der Waals surface area contributed by atoms with Gasteiger partial charge in [-0.3, -0.25) is 4.79 Å². The Hall–Kier alpha value is -1.40. The summed E-state index contributed by atoms with van der Waals surface area (Å²) in [5.41, 5.74) is -0.825. The molecule has 1 N–H and O–H groups in total. The van der Waals surface area contributed by atoms with Crippen LogP contribution in [-0.4, -0.2) is 46.2 Å². The fraction of sp³-hybridized carbons (Fsp3) is 0.571. The van der Waals surface area contributed by atoms with E-state index >= 15 is 0 Å². The molecular formula is C14H19NO4S. The Morgan fingerprint density at radius 2 is 1.65 bits per heavy atom. The molecule has 1 aromatic rings. The van der Waals surface area contributed by atoms with Crippen LogP contribution in [0.25, 0.3) is 0 Å². The summed E-state index contributed by atoms with van der Waals surface area (Å²) in [6, 6.07) is 3.04. The molecule has 0 radical (unpaired) electrons. The first-order valence-electron chi connectivity index (χ1n) is 6.42. The third kappa shape index (κ3) is 3.19. The summed E-state index contributed by atoms with van der Waals surface area (Å²) in [6.45, 7) is 8.79. The van der Waals surface area contributed by atoms with Crippen LogP contribution in [-0.2, 0) is 4.74 Å². The van der Waals surface area contributed by atoms with Gasteiger partial charge >= 0.3 is 5.97 Å². The van der Waals surface area contributed by atoms with Gasteiger partial charge in [-0.2, -0.15) is 0 Å². The van der Waals surface area contributed by atoms with E-state index in [0.29, 0.717) is 18.0 Å². The van der Waals surface area contributed by atoms with Crippen LogP contribution in [0.15, 0.2) is 12.1 Å². The first-order valence-corrected chi connectivity index (χ1v) is 7.24. The number of nitrogens with zero attached hydrogens (tertiary/aromatic N) is 1. The van der Waals surface area contributed by atoms with Crippen molar-refractivity contribution >= 4 is 23.2 Å². The molecule has 2 heterocycles. The molecule has 0 spiro atoms. The van der Waals surface area contributed by atoms with Crippen LogP contribution in [0.5, 0.6) is 0 Å². The first-order chi connectivity index (χ1) is 9.10. The van der Waals surface area contributed by atoms with Gasteiger partial charge in [0.25, 0.3) is 5.91 Å². The minimum absolute atomic E-state index is 0.132. The highest BCUT2D eigenvalue weighted by Crippen LogP contribution is 2.30. The molecule has 1 fully saturated rings. The SMILES string of the molecule is CC1(C)CN(C(=O)c2ccc(C(=O)O)s2)CC(C)(C)O1. The van der Waals surface area contributed by atoms with Gasteiger partial charge in [0.15, 0.2) is 0 Å². The van der Waals surface area contributed by atoms with Gasteiger partial charge in [-0.15, -0.1) is 11.3 Å². The molecule has 0 saturated carbocycles. The van der Waals surface area contributed by atoms with Gasteiger partial charge < -0.3 is 14.7 Å². The number of carboxylic acids is 1. The van der Waals surface area contributed by atoms with Crippen molar-refractivity contribution in [2.45, 2.75) is 38.9 Å². The number of amides is 1. The molecule has 2 rings (SSSR count). The second kappa shape index (κ2) is 4.86. The van der Waals surface area contributed by atoms with E-state index in [1.54, 1.807) is 11.0 Å². The molecule has 0 aliphatic carbocycles. The second-order valence-corrected chi connectivity index (χ2v) is 7.34. The maximum atomic E-state index is 12.5. The van der Waals surface area contributed by atoms with Crippen LogP contribution in [0.3, 0.4) is 0 Å². The van der Waals surface area contributed by atoms with Gasteiger partial charge in [-0.1, -0.05) is 0 Å². The molecule has 0 bridgehead atoms. The first kappa shape index (κ1) is 15.0. The number of carboxylic acid groups (broad SMARTS) is 1. The van der Waals surface area contributed by atoms with Crippen molar-refractivity contribution in [3.8, 4) is 0 Å². The monoisotopic (exact) mass is 297 g/mol. The molecule has 0 aromatic carbocycles. The molecule has 5 nitrogen and oxygen atoms in total. The van der Waals surface area contributed by atoms with E-state index in [1.807, 2.05) is 27.7 Å². The van der Waals surface area contributed by atoms with Gasteiger partial charge in [0, 0.05) is 13.1 Å². The van der Waals surface area contributed by atoms with E-state index < -0.39 is 17.2 Å².